The van der Waals surface area contributed by atoms with Crippen molar-refractivity contribution in [2.75, 3.05) is 6.61 Å². The van der Waals surface area contributed by atoms with E-state index in [1.54, 1.807) is 0 Å². The molecule has 1 nitrogen and oxygen atoms in total. The molecule has 100 valence electrons. The second kappa shape index (κ2) is 4.96. The molecule has 2 fully saturated rings. The SMILES string of the molecule is FC(F)(F)COC1CC(Cl)C12CCCCCC2. The maximum atomic E-state index is 12.2. The molecule has 2 aliphatic rings. The molecule has 2 atom stereocenters. The fourth-order valence-electron chi connectivity index (χ4n) is 3.15. The first-order valence-corrected chi connectivity index (χ1v) is 6.70. The van der Waals surface area contributed by atoms with Gasteiger partial charge in [0.2, 0.25) is 0 Å². The summed E-state index contributed by atoms with van der Waals surface area (Å²) in [5.41, 5.74) is -0.177. The summed E-state index contributed by atoms with van der Waals surface area (Å²) in [6, 6.07) is 0. The third-order valence-electron chi connectivity index (χ3n) is 4.17. The third kappa shape index (κ3) is 2.90. The van der Waals surface area contributed by atoms with Crippen molar-refractivity contribution in [3.8, 4) is 0 Å². The van der Waals surface area contributed by atoms with E-state index in [4.69, 9.17) is 16.3 Å². The Bertz CT molecular complexity index is 259. The molecule has 17 heavy (non-hydrogen) atoms. The molecule has 2 rings (SSSR count). The van der Waals surface area contributed by atoms with Crippen molar-refractivity contribution in [1.82, 2.24) is 0 Å². The van der Waals surface area contributed by atoms with Gasteiger partial charge in [-0.05, 0) is 19.3 Å². The van der Waals surface area contributed by atoms with Gasteiger partial charge in [-0.1, -0.05) is 25.7 Å². The predicted octanol–water partition coefficient (Wildman–Crippen LogP) is 4.29. The van der Waals surface area contributed by atoms with E-state index < -0.39 is 12.8 Å². The lowest BCUT2D eigenvalue weighted by molar-refractivity contribution is -0.216. The van der Waals surface area contributed by atoms with Crippen molar-refractivity contribution in [2.24, 2.45) is 5.41 Å². The van der Waals surface area contributed by atoms with Gasteiger partial charge in [-0.25, -0.2) is 0 Å². The molecule has 1 spiro atoms. The van der Waals surface area contributed by atoms with Crippen LogP contribution in [-0.4, -0.2) is 24.3 Å². The van der Waals surface area contributed by atoms with Gasteiger partial charge in [0.15, 0.2) is 0 Å². The standard InChI is InChI=1S/C12H18ClF3O/c13-9-7-10(17-8-12(14,15)16)11(9)5-3-1-2-4-6-11/h9-10H,1-8H2. The summed E-state index contributed by atoms with van der Waals surface area (Å²) < 4.78 is 41.5. The van der Waals surface area contributed by atoms with Gasteiger partial charge in [0.1, 0.15) is 6.61 Å². The Morgan fingerprint density at radius 3 is 2.18 bits per heavy atom. The molecule has 2 saturated carbocycles. The fourth-order valence-corrected chi connectivity index (χ4v) is 3.67. The Hall–Kier alpha value is 0.0400. The number of halogens is 4. The summed E-state index contributed by atoms with van der Waals surface area (Å²) in [5, 5.41) is -0.00108. The molecule has 2 aliphatic carbocycles. The molecule has 5 heteroatoms. The van der Waals surface area contributed by atoms with Crippen molar-refractivity contribution in [3.63, 3.8) is 0 Å². The van der Waals surface area contributed by atoms with Crippen molar-refractivity contribution < 1.29 is 17.9 Å². The molecule has 0 saturated heterocycles. The van der Waals surface area contributed by atoms with Crippen molar-refractivity contribution in [3.05, 3.63) is 0 Å². The fraction of sp³-hybridized carbons (Fsp3) is 1.00. The number of hydrogen-bond donors (Lipinski definition) is 0. The maximum absolute atomic E-state index is 12.2. The van der Waals surface area contributed by atoms with E-state index in [0.29, 0.717) is 6.42 Å². The molecular weight excluding hydrogens is 253 g/mol. The Morgan fingerprint density at radius 1 is 1.12 bits per heavy atom. The highest BCUT2D eigenvalue weighted by molar-refractivity contribution is 6.21. The van der Waals surface area contributed by atoms with Gasteiger partial charge in [-0.3, -0.25) is 0 Å². The minimum absolute atomic E-state index is 0.00108. The zero-order chi connectivity index (χ0) is 12.5. The van der Waals surface area contributed by atoms with Crippen LogP contribution in [0.3, 0.4) is 0 Å². The molecule has 0 aromatic rings. The third-order valence-corrected chi connectivity index (χ3v) is 4.78. The average Bonchev–Trinajstić information content (AvgIpc) is 2.49. The van der Waals surface area contributed by atoms with E-state index >= 15 is 0 Å². The van der Waals surface area contributed by atoms with Gasteiger partial charge < -0.3 is 4.74 Å². The number of ether oxygens (including phenoxy) is 1. The molecule has 0 bridgehead atoms. The summed E-state index contributed by atoms with van der Waals surface area (Å²) in [4.78, 5) is 0. The van der Waals surface area contributed by atoms with Crippen LogP contribution in [-0.2, 0) is 4.74 Å². The first kappa shape index (κ1) is 13.5. The van der Waals surface area contributed by atoms with Crippen LogP contribution in [0.1, 0.15) is 44.9 Å². The van der Waals surface area contributed by atoms with Crippen molar-refractivity contribution >= 4 is 11.6 Å². The molecule has 0 amide bonds. The lowest BCUT2D eigenvalue weighted by Gasteiger charge is -2.53. The molecule has 0 aromatic carbocycles. The van der Waals surface area contributed by atoms with E-state index in [2.05, 4.69) is 0 Å². The van der Waals surface area contributed by atoms with Crippen molar-refractivity contribution in [1.29, 1.82) is 0 Å². The maximum Gasteiger partial charge on any atom is 0.411 e. The average molecular weight is 271 g/mol. The van der Waals surface area contributed by atoms with E-state index in [1.165, 1.54) is 0 Å². The molecular formula is C12H18ClF3O. The summed E-state index contributed by atoms with van der Waals surface area (Å²) >= 11 is 6.24. The Kier molecular flexibility index (Phi) is 3.93. The number of rotatable bonds is 2. The smallest absolute Gasteiger partial charge is 0.368 e. The van der Waals surface area contributed by atoms with Gasteiger partial charge in [0.25, 0.3) is 0 Å². The van der Waals surface area contributed by atoms with Crippen LogP contribution < -0.4 is 0 Å². The minimum atomic E-state index is -4.23. The molecule has 0 heterocycles. The molecule has 0 aromatic heterocycles. The van der Waals surface area contributed by atoms with Gasteiger partial charge in [-0.2, -0.15) is 13.2 Å². The molecule has 2 unspecified atom stereocenters. The second-order valence-electron chi connectivity index (χ2n) is 5.27. The molecule has 0 radical (unpaired) electrons. The minimum Gasteiger partial charge on any atom is -0.368 e. The highest BCUT2D eigenvalue weighted by Gasteiger charge is 2.55. The first-order chi connectivity index (χ1) is 7.94. The largest absolute Gasteiger partial charge is 0.411 e. The Labute approximate surface area is 105 Å². The predicted molar refractivity (Wildman–Crippen MR) is 60.2 cm³/mol. The number of alkyl halides is 4. The van der Waals surface area contributed by atoms with Crippen LogP contribution in [0, 0.1) is 5.41 Å². The van der Waals surface area contributed by atoms with Crippen LogP contribution in [0.5, 0.6) is 0 Å². The summed E-state index contributed by atoms with van der Waals surface area (Å²) in [7, 11) is 0. The Balaban J connectivity index is 1.94. The quantitative estimate of drug-likeness (QED) is 0.680. The van der Waals surface area contributed by atoms with Crippen LogP contribution in [0.2, 0.25) is 0 Å². The summed E-state index contributed by atoms with van der Waals surface area (Å²) in [6.45, 7) is -1.14. The molecule has 0 aliphatic heterocycles. The van der Waals surface area contributed by atoms with E-state index in [-0.39, 0.29) is 16.9 Å². The van der Waals surface area contributed by atoms with E-state index in [1.807, 2.05) is 0 Å². The van der Waals surface area contributed by atoms with Crippen LogP contribution in [0.4, 0.5) is 13.2 Å². The van der Waals surface area contributed by atoms with Gasteiger partial charge in [0, 0.05) is 10.8 Å². The summed E-state index contributed by atoms with van der Waals surface area (Å²) in [6.07, 6.45) is 2.34. The number of hydrogen-bond acceptors (Lipinski definition) is 1. The highest BCUT2D eigenvalue weighted by Crippen LogP contribution is 2.55. The lowest BCUT2D eigenvalue weighted by Crippen LogP contribution is -2.56. The lowest BCUT2D eigenvalue weighted by atomic mass is 9.61. The highest BCUT2D eigenvalue weighted by atomic mass is 35.5. The Morgan fingerprint density at radius 2 is 1.71 bits per heavy atom. The monoisotopic (exact) mass is 270 g/mol. The van der Waals surface area contributed by atoms with Gasteiger partial charge in [-0.15, -0.1) is 11.6 Å². The zero-order valence-corrected chi connectivity index (χ0v) is 10.5. The topological polar surface area (TPSA) is 9.23 Å². The van der Waals surface area contributed by atoms with Gasteiger partial charge in [0.05, 0.1) is 6.10 Å². The van der Waals surface area contributed by atoms with E-state index in [0.717, 1.165) is 38.5 Å². The summed E-state index contributed by atoms with van der Waals surface area (Å²) in [5.74, 6) is 0. The van der Waals surface area contributed by atoms with Crippen LogP contribution in [0.25, 0.3) is 0 Å². The van der Waals surface area contributed by atoms with Gasteiger partial charge >= 0.3 is 6.18 Å². The van der Waals surface area contributed by atoms with Crippen molar-refractivity contribution in [2.45, 2.75) is 62.6 Å². The molecule has 0 N–H and O–H groups in total. The normalized spacial score (nSPS) is 33.2. The van der Waals surface area contributed by atoms with Crippen LogP contribution in [0.15, 0.2) is 0 Å². The zero-order valence-electron chi connectivity index (χ0n) is 9.73. The first-order valence-electron chi connectivity index (χ1n) is 6.26. The second-order valence-corrected chi connectivity index (χ2v) is 5.79. The van der Waals surface area contributed by atoms with E-state index in [9.17, 15) is 13.2 Å². The van der Waals surface area contributed by atoms with Crippen LogP contribution >= 0.6 is 11.6 Å².